The molecule has 0 aromatic rings. The third-order valence-electron chi connectivity index (χ3n) is 2.54. The third-order valence-corrected chi connectivity index (χ3v) is 2.54. The first-order chi connectivity index (χ1) is 8.33. The Hall–Kier alpha value is -1.66. The third kappa shape index (κ3) is 5.11. The van der Waals surface area contributed by atoms with Gasteiger partial charge >= 0.3 is 11.9 Å². The quantitative estimate of drug-likeness (QED) is 0.292. The predicted octanol–water partition coefficient (Wildman–Crippen LogP) is 0.888. The highest BCUT2D eigenvalue weighted by atomic mass is 16.6. The first-order valence-electron chi connectivity index (χ1n) is 5.60. The average molecular weight is 261 g/mol. The molecule has 0 saturated heterocycles. The number of carbonyl (C=O) groups excluding carboxylic acids is 2. The van der Waals surface area contributed by atoms with Crippen molar-refractivity contribution in [2.45, 2.75) is 20.3 Å². The van der Waals surface area contributed by atoms with E-state index in [2.05, 4.69) is 9.47 Å². The van der Waals surface area contributed by atoms with Gasteiger partial charge < -0.3 is 9.47 Å². The van der Waals surface area contributed by atoms with Crippen molar-refractivity contribution in [2.24, 2.45) is 17.8 Å². The molecule has 1 atom stereocenters. The molecule has 0 aliphatic carbocycles. The lowest BCUT2D eigenvalue weighted by Crippen LogP contribution is -2.37. The summed E-state index contributed by atoms with van der Waals surface area (Å²) in [6.45, 7) is 3.25. The summed E-state index contributed by atoms with van der Waals surface area (Å²) in [6, 6.07) is 0. The van der Waals surface area contributed by atoms with E-state index in [0.29, 0.717) is 6.42 Å². The zero-order valence-corrected chi connectivity index (χ0v) is 11.0. The number of esters is 2. The molecule has 0 fully saturated rings. The number of hydrogen-bond acceptors (Lipinski definition) is 6. The van der Waals surface area contributed by atoms with E-state index < -0.39 is 35.2 Å². The SMILES string of the molecule is COC(=O)C(C(=O)OC)[C@H](CC(C)C)C[N+](=O)[O-]. The minimum atomic E-state index is -1.24. The van der Waals surface area contributed by atoms with Crippen LogP contribution in [0.1, 0.15) is 20.3 Å². The molecule has 7 nitrogen and oxygen atoms in total. The summed E-state index contributed by atoms with van der Waals surface area (Å²) < 4.78 is 9.03. The van der Waals surface area contributed by atoms with Gasteiger partial charge in [-0.05, 0) is 12.3 Å². The van der Waals surface area contributed by atoms with Crippen molar-refractivity contribution in [1.82, 2.24) is 0 Å². The molecule has 0 heterocycles. The molecular formula is C11H19NO6. The van der Waals surface area contributed by atoms with Gasteiger partial charge in [-0.25, -0.2) is 0 Å². The Morgan fingerprint density at radius 1 is 1.17 bits per heavy atom. The van der Waals surface area contributed by atoms with E-state index in [1.165, 1.54) is 0 Å². The number of rotatable bonds is 7. The van der Waals surface area contributed by atoms with Crippen molar-refractivity contribution < 1.29 is 24.0 Å². The monoisotopic (exact) mass is 261 g/mol. The van der Waals surface area contributed by atoms with E-state index in [1.807, 2.05) is 13.8 Å². The Bertz CT molecular complexity index is 299. The smallest absolute Gasteiger partial charge is 0.320 e. The summed E-state index contributed by atoms with van der Waals surface area (Å²) in [4.78, 5) is 33.2. The molecule has 104 valence electrons. The first kappa shape index (κ1) is 16.3. The Labute approximate surface area is 106 Å². The summed E-state index contributed by atoms with van der Waals surface area (Å²) in [5.74, 6) is -3.44. The van der Waals surface area contributed by atoms with Gasteiger partial charge in [-0.15, -0.1) is 0 Å². The molecular weight excluding hydrogens is 242 g/mol. The van der Waals surface area contributed by atoms with Gasteiger partial charge in [-0.3, -0.25) is 19.7 Å². The van der Waals surface area contributed by atoms with E-state index in [0.717, 1.165) is 14.2 Å². The Morgan fingerprint density at radius 3 is 1.89 bits per heavy atom. The maximum absolute atomic E-state index is 11.6. The molecule has 0 unspecified atom stereocenters. The minimum Gasteiger partial charge on any atom is -0.468 e. The van der Waals surface area contributed by atoms with Crippen LogP contribution in [-0.4, -0.2) is 37.6 Å². The van der Waals surface area contributed by atoms with Crippen molar-refractivity contribution >= 4 is 11.9 Å². The van der Waals surface area contributed by atoms with Gasteiger partial charge in [0.15, 0.2) is 5.92 Å². The van der Waals surface area contributed by atoms with Crippen LogP contribution in [0.2, 0.25) is 0 Å². The molecule has 7 heteroatoms. The fourth-order valence-electron chi connectivity index (χ4n) is 1.85. The fraction of sp³-hybridized carbons (Fsp3) is 0.818. The fourth-order valence-corrected chi connectivity index (χ4v) is 1.85. The van der Waals surface area contributed by atoms with Gasteiger partial charge in [0.25, 0.3) is 0 Å². The average Bonchev–Trinajstić information content (AvgIpc) is 2.26. The number of hydrogen-bond donors (Lipinski definition) is 0. The highest BCUT2D eigenvalue weighted by Gasteiger charge is 2.39. The number of carbonyl (C=O) groups is 2. The molecule has 0 aliphatic rings. The number of methoxy groups -OCH3 is 2. The summed E-state index contributed by atoms with van der Waals surface area (Å²) >= 11 is 0. The minimum absolute atomic E-state index is 0.117. The number of nitrogens with zero attached hydrogens (tertiary/aromatic N) is 1. The summed E-state index contributed by atoms with van der Waals surface area (Å²) in [5, 5.41) is 10.6. The normalized spacial score (nSPS) is 12.3. The maximum atomic E-state index is 11.6. The van der Waals surface area contributed by atoms with Crippen LogP contribution in [-0.2, 0) is 19.1 Å². The highest BCUT2D eigenvalue weighted by molar-refractivity contribution is 5.95. The molecule has 0 radical (unpaired) electrons. The second-order valence-electron chi connectivity index (χ2n) is 4.43. The van der Waals surface area contributed by atoms with Crippen LogP contribution in [0.4, 0.5) is 0 Å². The molecule has 0 saturated carbocycles. The second kappa shape index (κ2) is 7.62. The van der Waals surface area contributed by atoms with Gasteiger partial charge in [0.05, 0.1) is 14.2 Å². The summed E-state index contributed by atoms with van der Waals surface area (Å²) in [5.41, 5.74) is 0. The van der Waals surface area contributed by atoms with E-state index >= 15 is 0 Å². The van der Waals surface area contributed by atoms with Gasteiger partial charge in [0.1, 0.15) is 0 Å². The van der Waals surface area contributed by atoms with Crippen molar-refractivity contribution in [1.29, 1.82) is 0 Å². The van der Waals surface area contributed by atoms with E-state index in [9.17, 15) is 19.7 Å². The van der Waals surface area contributed by atoms with Crippen molar-refractivity contribution in [3.8, 4) is 0 Å². The van der Waals surface area contributed by atoms with Gasteiger partial charge in [-0.1, -0.05) is 13.8 Å². The molecule has 0 aromatic carbocycles. The zero-order chi connectivity index (χ0) is 14.3. The van der Waals surface area contributed by atoms with Crippen LogP contribution in [0, 0.1) is 27.9 Å². The summed E-state index contributed by atoms with van der Waals surface area (Å²) in [6.07, 6.45) is 0.371. The van der Waals surface area contributed by atoms with E-state index in [-0.39, 0.29) is 5.92 Å². The van der Waals surface area contributed by atoms with E-state index in [4.69, 9.17) is 0 Å². The molecule has 0 bridgehead atoms. The van der Waals surface area contributed by atoms with Gasteiger partial charge in [0.2, 0.25) is 6.54 Å². The Balaban J connectivity index is 5.11. The number of nitro groups is 1. The van der Waals surface area contributed by atoms with Crippen LogP contribution >= 0.6 is 0 Å². The zero-order valence-electron chi connectivity index (χ0n) is 11.0. The standard InChI is InChI=1S/C11H19NO6/c1-7(2)5-8(6-12(15)16)9(10(13)17-3)11(14)18-4/h7-9H,5-6H2,1-4H3/t8-/m1/s1. The van der Waals surface area contributed by atoms with E-state index in [1.54, 1.807) is 0 Å². The first-order valence-corrected chi connectivity index (χ1v) is 5.60. The van der Waals surface area contributed by atoms with Crippen LogP contribution in [0.5, 0.6) is 0 Å². The predicted molar refractivity (Wildman–Crippen MR) is 62.3 cm³/mol. The van der Waals surface area contributed by atoms with Crippen LogP contribution in [0.3, 0.4) is 0 Å². The van der Waals surface area contributed by atoms with Crippen molar-refractivity contribution in [3.63, 3.8) is 0 Å². The highest BCUT2D eigenvalue weighted by Crippen LogP contribution is 2.23. The Morgan fingerprint density at radius 2 is 1.61 bits per heavy atom. The van der Waals surface area contributed by atoms with Crippen molar-refractivity contribution in [3.05, 3.63) is 10.1 Å². The van der Waals surface area contributed by atoms with Gasteiger partial charge in [0, 0.05) is 10.8 Å². The maximum Gasteiger partial charge on any atom is 0.320 e. The molecule has 0 spiro atoms. The lowest BCUT2D eigenvalue weighted by atomic mass is 9.85. The molecule has 0 aromatic heterocycles. The van der Waals surface area contributed by atoms with Crippen LogP contribution in [0.25, 0.3) is 0 Å². The van der Waals surface area contributed by atoms with Gasteiger partial charge in [-0.2, -0.15) is 0 Å². The molecule has 0 amide bonds. The molecule has 0 N–H and O–H groups in total. The topological polar surface area (TPSA) is 95.7 Å². The van der Waals surface area contributed by atoms with Crippen LogP contribution in [0.15, 0.2) is 0 Å². The lowest BCUT2D eigenvalue weighted by Gasteiger charge is -2.21. The second-order valence-corrected chi connectivity index (χ2v) is 4.43. The Kier molecular flexibility index (Phi) is 6.92. The lowest BCUT2D eigenvalue weighted by molar-refractivity contribution is -0.489. The molecule has 0 aliphatic heterocycles. The molecule has 0 rings (SSSR count). The summed E-state index contributed by atoms with van der Waals surface area (Å²) in [7, 11) is 2.27. The van der Waals surface area contributed by atoms with Crippen LogP contribution < -0.4 is 0 Å². The molecule has 18 heavy (non-hydrogen) atoms. The largest absolute Gasteiger partial charge is 0.468 e. The van der Waals surface area contributed by atoms with Crippen molar-refractivity contribution in [2.75, 3.05) is 20.8 Å². The number of ether oxygens (including phenoxy) is 2.